The quantitative estimate of drug-likeness (QED) is 0.645. The minimum absolute atomic E-state index is 0.291. The first-order valence-corrected chi connectivity index (χ1v) is 8.08. The predicted molar refractivity (Wildman–Crippen MR) is 97.1 cm³/mol. The Bertz CT molecular complexity index is 915. The van der Waals surface area contributed by atoms with Gasteiger partial charge in [0.1, 0.15) is 23.7 Å². The molecule has 1 heterocycles. The van der Waals surface area contributed by atoms with Crippen LogP contribution in [0.3, 0.4) is 0 Å². The van der Waals surface area contributed by atoms with Crippen LogP contribution in [0.2, 0.25) is 0 Å². The highest BCUT2D eigenvalue weighted by Crippen LogP contribution is 2.31. The molecule has 0 amide bonds. The van der Waals surface area contributed by atoms with Crippen molar-refractivity contribution in [1.29, 1.82) is 0 Å². The number of nitrogens with one attached hydrogen (secondary N) is 2. The van der Waals surface area contributed by atoms with Crippen molar-refractivity contribution in [3.05, 3.63) is 72.1 Å². The van der Waals surface area contributed by atoms with Crippen molar-refractivity contribution in [1.82, 2.24) is 9.97 Å². The lowest BCUT2D eigenvalue weighted by molar-refractivity contribution is -0.137. The van der Waals surface area contributed by atoms with Gasteiger partial charge < -0.3 is 15.4 Å². The lowest BCUT2D eigenvalue weighted by Gasteiger charge is -2.12. The smallest absolute Gasteiger partial charge is 0.416 e. The highest BCUT2D eigenvalue weighted by atomic mass is 19.4. The van der Waals surface area contributed by atoms with E-state index in [0.29, 0.717) is 23.9 Å². The number of methoxy groups -OCH3 is 1. The number of aromatic nitrogens is 2. The topological polar surface area (TPSA) is 59.1 Å². The van der Waals surface area contributed by atoms with E-state index in [4.69, 9.17) is 4.74 Å². The molecule has 0 radical (unpaired) electrons. The van der Waals surface area contributed by atoms with Gasteiger partial charge in [-0.3, -0.25) is 0 Å². The van der Waals surface area contributed by atoms with Crippen molar-refractivity contribution in [3.8, 4) is 5.75 Å². The van der Waals surface area contributed by atoms with Crippen molar-refractivity contribution in [2.45, 2.75) is 12.7 Å². The summed E-state index contributed by atoms with van der Waals surface area (Å²) in [6.45, 7) is 0.476. The fourth-order valence-electron chi connectivity index (χ4n) is 2.48. The Kier molecular flexibility index (Phi) is 5.44. The van der Waals surface area contributed by atoms with Gasteiger partial charge in [0.2, 0.25) is 0 Å². The van der Waals surface area contributed by atoms with E-state index in [0.717, 1.165) is 23.4 Å². The molecule has 3 aromatic rings. The van der Waals surface area contributed by atoms with Gasteiger partial charge in [0.15, 0.2) is 0 Å². The summed E-state index contributed by atoms with van der Waals surface area (Å²) in [6.07, 6.45) is -3.06. The molecule has 1 aromatic heterocycles. The van der Waals surface area contributed by atoms with Crippen LogP contribution in [-0.4, -0.2) is 17.1 Å². The van der Waals surface area contributed by atoms with Crippen LogP contribution < -0.4 is 15.4 Å². The Balaban J connectivity index is 1.71. The number of hydrogen-bond donors (Lipinski definition) is 2. The highest BCUT2D eigenvalue weighted by Gasteiger charge is 2.30. The van der Waals surface area contributed by atoms with Gasteiger partial charge in [-0.2, -0.15) is 13.2 Å². The van der Waals surface area contributed by atoms with Crippen molar-refractivity contribution < 1.29 is 17.9 Å². The molecule has 3 rings (SSSR count). The Morgan fingerprint density at radius 2 is 1.74 bits per heavy atom. The third-order valence-corrected chi connectivity index (χ3v) is 3.78. The molecule has 140 valence electrons. The lowest BCUT2D eigenvalue weighted by Crippen LogP contribution is -2.06. The van der Waals surface area contributed by atoms with Gasteiger partial charge in [0.25, 0.3) is 0 Å². The van der Waals surface area contributed by atoms with E-state index < -0.39 is 11.7 Å². The molecule has 0 saturated heterocycles. The number of alkyl halides is 3. The number of hydrogen-bond acceptors (Lipinski definition) is 5. The van der Waals surface area contributed by atoms with Crippen LogP contribution in [0.15, 0.2) is 60.9 Å². The maximum atomic E-state index is 12.8. The molecule has 0 aliphatic carbocycles. The summed E-state index contributed by atoms with van der Waals surface area (Å²) in [6, 6.07) is 14.1. The fraction of sp³-hybridized carbons (Fsp3) is 0.158. The van der Waals surface area contributed by atoms with Crippen molar-refractivity contribution in [3.63, 3.8) is 0 Å². The zero-order valence-corrected chi connectivity index (χ0v) is 14.4. The first-order valence-electron chi connectivity index (χ1n) is 8.08. The Hall–Kier alpha value is -3.29. The van der Waals surface area contributed by atoms with E-state index in [-0.39, 0.29) is 0 Å². The van der Waals surface area contributed by atoms with Crippen LogP contribution in [0, 0.1) is 0 Å². The second kappa shape index (κ2) is 7.94. The van der Waals surface area contributed by atoms with Gasteiger partial charge >= 0.3 is 6.18 Å². The summed E-state index contributed by atoms with van der Waals surface area (Å²) in [5.41, 5.74) is 0.515. The van der Waals surface area contributed by atoms with Crippen LogP contribution in [0.1, 0.15) is 11.1 Å². The van der Waals surface area contributed by atoms with Crippen molar-refractivity contribution in [2.75, 3.05) is 17.7 Å². The number of ether oxygens (including phenoxy) is 1. The average Bonchev–Trinajstić information content (AvgIpc) is 2.66. The Morgan fingerprint density at radius 3 is 2.52 bits per heavy atom. The van der Waals surface area contributed by atoms with Gasteiger partial charge in [0.05, 0.1) is 12.7 Å². The molecular weight excluding hydrogens is 357 g/mol. The number of para-hydroxylation sites is 1. The zero-order chi connectivity index (χ0) is 19.3. The fourth-order valence-corrected chi connectivity index (χ4v) is 2.48. The normalized spacial score (nSPS) is 11.1. The van der Waals surface area contributed by atoms with Crippen LogP contribution >= 0.6 is 0 Å². The number of nitrogens with zero attached hydrogens (tertiary/aromatic N) is 2. The third kappa shape index (κ3) is 4.87. The highest BCUT2D eigenvalue weighted by molar-refractivity contribution is 5.59. The first kappa shape index (κ1) is 18.5. The predicted octanol–water partition coefficient (Wildman–Crippen LogP) is 4.86. The largest absolute Gasteiger partial charge is 0.496 e. The van der Waals surface area contributed by atoms with Gasteiger partial charge in [-0.05, 0) is 24.3 Å². The molecule has 0 bridgehead atoms. The van der Waals surface area contributed by atoms with Crippen molar-refractivity contribution >= 4 is 17.3 Å². The minimum Gasteiger partial charge on any atom is -0.496 e. The maximum absolute atomic E-state index is 12.8. The van der Waals surface area contributed by atoms with Gasteiger partial charge in [-0.25, -0.2) is 9.97 Å². The third-order valence-electron chi connectivity index (χ3n) is 3.78. The van der Waals surface area contributed by atoms with Crippen LogP contribution in [0.4, 0.5) is 30.5 Å². The minimum atomic E-state index is -4.40. The second-order valence-corrected chi connectivity index (χ2v) is 5.66. The maximum Gasteiger partial charge on any atom is 0.416 e. The van der Waals surface area contributed by atoms with Gasteiger partial charge in [-0.1, -0.05) is 24.3 Å². The number of halogens is 3. The monoisotopic (exact) mass is 374 g/mol. The van der Waals surface area contributed by atoms with E-state index in [2.05, 4.69) is 20.6 Å². The van der Waals surface area contributed by atoms with Crippen molar-refractivity contribution in [2.24, 2.45) is 0 Å². The SMILES string of the molecule is COc1ccccc1CNc1cc(Nc2cccc(C(F)(F)F)c2)ncn1. The second-order valence-electron chi connectivity index (χ2n) is 5.66. The summed E-state index contributed by atoms with van der Waals surface area (Å²) < 4.78 is 43.8. The van der Waals surface area contributed by atoms with Crippen LogP contribution in [0.5, 0.6) is 5.75 Å². The molecule has 0 atom stereocenters. The molecule has 0 spiro atoms. The molecule has 5 nitrogen and oxygen atoms in total. The summed E-state index contributed by atoms with van der Waals surface area (Å²) in [4.78, 5) is 8.17. The van der Waals surface area contributed by atoms with E-state index in [9.17, 15) is 13.2 Å². The summed E-state index contributed by atoms with van der Waals surface area (Å²) in [5, 5.41) is 6.01. The molecule has 0 unspecified atom stereocenters. The van der Waals surface area contributed by atoms with E-state index in [1.165, 1.54) is 12.4 Å². The van der Waals surface area contributed by atoms with E-state index >= 15 is 0 Å². The molecule has 8 heteroatoms. The molecule has 0 aliphatic rings. The standard InChI is InChI=1S/C19H17F3N4O/c1-27-16-8-3-2-5-13(16)11-23-17-10-18(25-12-24-17)26-15-7-4-6-14(9-15)19(20,21)22/h2-10,12H,11H2,1H3,(H2,23,24,25,26). The molecule has 0 aliphatic heterocycles. The summed E-state index contributed by atoms with van der Waals surface area (Å²) in [5.74, 6) is 1.67. The Morgan fingerprint density at radius 1 is 0.963 bits per heavy atom. The first-order chi connectivity index (χ1) is 13.0. The molecule has 2 N–H and O–H groups in total. The number of benzene rings is 2. The summed E-state index contributed by atoms with van der Waals surface area (Å²) in [7, 11) is 1.60. The van der Waals surface area contributed by atoms with Gasteiger partial charge in [0, 0.05) is 23.9 Å². The van der Waals surface area contributed by atoms with E-state index in [1.807, 2.05) is 24.3 Å². The average molecular weight is 374 g/mol. The molecule has 0 fully saturated rings. The Labute approximate surface area is 154 Å². The molecular formula is C19H17F3N4O. The zero-order valence-electron chi connectivity index (χ0n) is 14.4. The number of anilines is 3. The van der Waals surface area contributed by atoms with E-state index in [1.54, 1.807) is 19.2 Å². The van der Waals surface area contributed by atoms with Crippen LogP contribution in [0.25, 0.3) is 0 Å². The molecule has 2 aromatic carbocycles. The van der Waals surface area contributed by atoms with Gasteiger partial charge in [-0.15, -0.1) is 0 Å². The lowest BCUT2D eigenvalue weighted by atomic mass is 10.2. The molecule has 0 saturated carbocycles. The van der Waals surface area contributed by atoms with Crippen LogP contribution in [-0.2, 0) is 12.7 Å². The molecule has 27 heavy (non-hydrogen) atoms. The number of rotatable bonds is 6. The summed E-state index contributed by atoms with van der Waals surface area (Å²) >= 11 is 0.